The van der Waals surface area contributed by atoms with Gasteiger partial charge in [-0.25, -0.2) is 0 Å². The number of nitrogens with zero attached hydrogens (tertiary/aromatic N) is 3. The zero-order valence-electron chi connectivity index (χ0n) is 25.3. The fourth-order valence-electron chi connectivity index (χ4n) is 5.24. The SMILES string of the molecule is CN(CCCNC[C@H](O)c1ccc(O)c2[nH]c(=O)ccc12)C(=O)c1cc(COc2cccc([C@@H](N)c3ccccc3)c2)nn1C. The van der Waals surface area contributed by atoms with Gasteiger partial charge in [0.15, 0.2) is 0 Å². The van der Waals surface area contributed by atoms with E-state index in [0.29, 0.717) is 53.1 Å². The van der Waals surface area contributed by atoms with Gasteiger partial charge in [0.25, 0.3) is 5.91 Å². The summed E-state index contributed by atoms with van der Waals surface area (Å²) in [5.74, 6) is 0.458. The summed E-state index contributed by atoms with van der Waals surface area (Å²) >= 11 is 0. The first-order valence-electron chi connectivity index (χ1n) is 14.8. The van der Waals surface area contributed by atoms with Crippen LogP contribution >= 0.6 is 0 Å². The van der Waals surface area contributed by atoms with Crippen molar-refractivity contribution < 1.29 is 19.7 Å². The summed E-state index contributed by atoms with van der Waals surface area (Å²) in [6.07, 6.45) is -0.190. The number of ether oxygens (including phenoxy) is 1. The molecule has 1 amide bonds. The lowest BCUT2D eigenvalue weighted by atomic mass is 10.00. The molecule has 0 radical (unpaired) electrons. The van der Waals surface area contributed by atoms with Crippen LogP contribution in [-0.2, 0) is 13.7 Å². The lowest BCUT2D eigenvalue weighted by Gasteiger charge is -2.18. The second kappa shape index (κ2) is 14.2. The lowest BCUT2D eigenvalue weighted by Crippen LogP contribution is -2.32. The second-order valence-corrected chi connectivity index (χ2v) is 11.0. The molecule has 5 aromatic rings. The molecule has 2 heterocycles. The van der Waals surface area contributed by atoms with Crippen molar-refractivity contribution in [1.29, 1.82) is 0 Å². The van der Waals surface area contributed by atoms with E-state index in [1.165, 1.54) is 12.1 Å². The predicted molar refractivity (Wildman–Crippen MR) is 172 cm³/mol. The van der Waals surface area contributed by atoms with Crippen LogP contribution in [0, 0.1) is 0 Å². The maximum absolute atomic E-state index is 13.1. The highest BCUT2D eigenvalue weighted by Gasteiger charge is 2.18. The van der Waals surface area contributed by atoms with Crippen molar-refractivity contribution in [2.24, 2.45) is 12.8 Å². The monoisotopic (exact) mass is 610 g/mol. The molecule has 6 N–H and O–H groups in total. The minimum absolute atomic E-state index is 0.0538. The number of aryl methyl sites for hydroxylation is 1. The van der Waals surface area contributed by atoms with E-state index in [0.717, 1.165) is 11.1 Å². The highest BCUT2D eigenvalue weighted by molar-refractivity contribution is 5.92. The van der Waals surface area contributed by atoms with Crippen molar-refractivity contribution in [1.82, 2.24) is 25.0 Å². The van der Waals surface area contributed by atoms with Gasteiger partial charge in [-0.3, -0.25) is 14.3 Å². The van der Waals surface area contributed by atoms with E-state index in [1.807, 2.05) is 54.6 Å². The first-order valence-corrected chi connectivity index (χ1v) is 14.8. The largest absolute Gasteiger partial charge is 0.506 e. The van der Waals surface area contributed by atoms with Gasteiger partial charge in [-0.1, -0.05) is 48.5 Å². The van der Waals surface area contributed by atoms with E-state index < -0.39 is 6.10 Å². The molecular weight excluding hydrogens is 572 g/mol. The number of hydrogen-bond acceptors (Lipinski definition) is 8. The van der Waals surface area contributed by atoms with E-state index in [1.54, 1.807) is 41.9 Å². The Morgan fingerprint density at radius 3 is 2.64 bits per heavy atom. The van der Waals surface area contributed by atoms with Crippen LogP contribution < -0.4 is 21.3 Å². The normalized spacial score (nSPS) is 12.6. The number of aromatic hydroxyl groups is 1. The average molecular weight is 611 g/mol. The van der Waals surface area contributed by atoms with E-state index in [2.05, 4.69) is 15.4 Å². The van der Waals surface area contributed by atoms with Gasteiger partial charge in [0.1, 0.15) is 29.5 Å². The first kappa shape index (κ1) is 31.5. The quantitative estimate of drug-likeness (QED) is 0.127. The molecule has 0 saturated carbocycles. The fourth-order valence-corrected chi connectivity index (χ4v) is 5.24. The predicted octanol–water partition coefficient (Wildman–Crippen LogP) is 3.38. The number of aromatic amines is 1. The number of nitrogens with one attached hydrogen (secondary N) is 2. The Bertz CT molecular complexity index is 1820. The van der Waals surface area contributed by atoms with E-state index in [4.69, 9.17) is 10.5 Å². The molecule has 0 saturated heterocycles. The van der Waals surface area contributed by atoms with Gasteiger partial charge in [-0.2, -0.15) is 5.10 Å². The molecule has 0 aliphatic heterocycles. The highest BCUT2D eigenvalue weighted by atomic mass is 16.5. The number of aliphatic hydroxyl groups is 1. The number of carbonyl (C=O) groups excluding carboxylic acids is 1. The van der Waals surface area contributed by atoms with Gasteiger partial charge in [-0.15, -0.1) is 0 Å². The van der Waals surface area contributed by atoms with Gasteiger partial charge in [0, 0.05) is 38.6 Å². The molecule has 234 valence electrons. The fraction of sp³-hybridized carbons (Fsp3) is 0.265. The molecule has 0 unspecified atom stereocenters. The van der Waals surface area contributed by atoms with Crippen LogP contribution in [0.1, 0.15) is 51.4 Å². The van der Waals surface area contributed by atoms with Crippen LogP contribution in [-0.4, -0.2) is 62.5 Å². The minimum Gasteiger partial charge on any atom is -0.506 e. The number of carbonyl (C=O) groups is 1. The number of nitrogens with two attached hydrogens (primary N) is 1. The number of aliphatic hydroxyl groups excluding tert-OH is 1. The Morgan fingerprint density at radius 2 is 1.84 bits per heavy atom. The summed E-state index contributed by atoms with van der Waals surface area (Å²) in [5.41, 5.74) is 10.0. The second-order valence-electron chi connectivity index (χ2n) is 11.0. The van der Waals surface area contributed by atoms with Gasteiger partial charge < -0.3 is 35.9 Å². The smallest absolute Gasteiger partial charge is 0.271 e. The molecule has 0 bridgehead atoms. The molecule has 0 aliphatic carbocycles. The molecule has 11 heteroatoms. The number of H-pyrrole nitrogens is 1. The molecular formula is C34H38N6O5. The maximum Gasteiger partial charge on any atom is 0.271 e. The Labute approximate surface area is 260 Å². The van der Waals surface area contributed by atoms with Gasteiger partial charge in [0.2, 0.25) is 5.56 Å². The average Bonchev–Trinajstić information content (AvgIpc) is 3.43. The number of pyridine rings is 1. The molecule has 0 fully saturated rings. The van der Waals surface area contributed by atoms with Gasteiger partial charge in [-0.05, 0) is 60.0 Å². The third kappa shape index (κ3) is 7.58. The van der Waals surface area contributed by atoms with E-state index in [-0.39, 0.29) is 36.4 Å². The molecule has 2 atom stereocenters. The summed E-state index contributed by atoms with van der Waals surface area (Å²) < 4.78 is 7.55. The lowest BCUT2D eigenvalue weighted by molar-refractivity contribution is 0.0782. The van der Waals surface area contributed by atoms with Crippen LogP contribution in [0.4, 0.5) is 0 Å². The van der Waals surface area contributed by atoms with E-state index >= 15 is 0 Å². The van der Waals surface area contributed by atoms with Crippen molar-refractivity contribution in [3.63, 3.8) is 0 Å². The van der Waals surface area contributed by atoms with Crippen LogP contribution in [0.3, 0.4) is 0 Å². The van der Waals surface area contributed by atoms with Crippen molar-refractivity contribution in [2.75, 3.05) is 26.7 Å². The number of phenolic OH excluding ortho intramolecular Hbond substituents is 1. The zero-order valence-corrected chi connectivity index (χ0v) is 25.3. The van der Waals surface area contributed by atoms with Crippen LogP contribution in [0.5, 0.6) is 11.5 Å². The molecule has 0 aliphatic rings. The van der Waals surface area contributed by atoms with Crippen LogP contribution in [0.2, 0.25) is 0 Å². The highest BCUT2D eigenvalue weighted by Crippen LogP contribution is 2.28. The number of fused-ring (bicyclic) bond motifs is 1. The van der Waals surface area contributed by atoms with Gasteiger partial charge >= 0.3 is 0 Å². The molecule has 3 aromatic carbocycles. The number of rotatable bonds is 13. The number of benzene rings is 3. The molecule has 5 rings (SSSR count). The molecule has 0 spiro atoms. The number of aromatic nitrogens is 3. The summed E-state index contributed by atoms with van der Waals surface area (Å²) in [7, 11) is 3.47. The first-order chi connectivity index (χ1) is 21.7. The van der Waals surface area contributed by atoms with Crippen molar-refractivity contribution in [2.45, 2.75) is 25.2 Å². The summed E-state index contributed by atoms with van der Waals surface area (Å²) in [5, 5.41) is 29.1. The molecule has 11 nitrogen and oxygen atoms in total. The number of hydrogen-bond donors (Lipinski definition) is 5. The van der Waals surface area contributed by atoms with Crippen LogP contribution in [0.15, 0.2) is 89.7 Å². The number of phenols is 1. The van der Waals surface area contributed by atoms with Gasteiger partial charge in [0.05, 0.1) is 17.7 Å². The standard InChI is InChI=1S/C34H38N6O5/c1-39(17-7-16-36-20-30(42)26-12-14-29(41)33-27(26)13-15-31(43)37-33)34(44)28-19-24(38-40(28)2)21-45-25-11-6-10-23(18-25)32(35)22-8-4-3-5-9-22/h3-6,8-15,18-19,30,32,36,41-42H,7,16-17,20-21,35H2,1-2H3,(H,37,43)/t30-,32-/m0/s1. The van der Waals surface area contributed by atoms with E-state index in [9.17, 15) is 19.8 Å². The molecule has 45 heavy (non-hydrogen) atoms. The Kier molecular flexibility index (Phi) is 9.93. The van der Waals surface area contributed by atoms with Crippen molar-refractivity contribution in [3.05, 3.63) is 123 Å². The zero-order chi connectivity index (χ0) is 31.9. The van der Waals surface area contributed by atoms with Crippen molar-refractivity contribution in [3.8, 4) is 11.5 Å². The third-order valence-electron chi connectivity index (χ3n) is 7.71. The van der Waals surface area contributed by atoms with Crippen molar-refractivity contribution >= 4 is 16.8 Å². The summed E-state index contributed by atoms with van der Waals surface area (Å²) in [4.78, 5) is 29.0. The topological polar surface area (TPSA) is 159 Å². The molecule has 2 aromatic heterocycles. The number of amides is 1. The Hall–Kier alpha value is -4.97. The third-order valence-corrected chi connectivity index (χ3v) is 7.71. The Balaban J connectivity index is 1.09. The Morgan fingerprint density at radius 1 is 1.07 bits per heavy atom. The summed E-state index contributed by atoms with van der Waals surface area (Å²) in [6, 6.07) is 25.0. The summed E-state index contributed by atoms with van der Waals surface area (Å²) in [6.45, 7) is 1.53. The minimum atomic E-state index is -0.850. The maximum atomic E-state index is 13.1. The van der Waals surface area contributed by atoms with Crippen LogP contribution in [0.25, 0.3) is 10.9 Å².